The molecule has 0 aromatic rings. The first kappa shape index (κ1) is 16.1. The van der Waals surface area contributed by atoms with Crippen LogP contribution in [0.4, 0.5) is 0 Å². The zero-order valence-electron chi connectivity index (χ0n) is 11.0. The van der Waals surface area contributed by atoms with E-state index in [2.05, 4.69) is 20.1 Å². The fraction of sp³-hybridized carbons (Fsp3) is 0.800. The van der Waals surface area contributed by atoms with Gasteiger partial charge in [-0.05, 0) is 19.1 Å². The van der Waals surface area contributed by atoms with Crippen LogP contribution in [0.3, 0.4) is 0 Å². The van der Waals surface area contributed by atoms with E-state index in [1.54, 1.807) is 27.7 Å². The van der Waals surface area contributed by atoms with Crippen molar-refractivity contribution in [2.45, 2.75) is 33.7 Å². The van der Waals surface area contributed by atoms with Gasteiger partial charge in [-0.3, -0.25) is 14.6 Å². The SMILES string of the molecule is CC(C)C(=O)OCO/N=N\N(CC(=O)O)C(C)C. The van der Waals surface area contributed by atoms with Crippen molar-refractivity contribution in [1.29, 1.82) is 0 Å². The summed E-state index contributed by atoms with van der Waals surface area (Å²) in [5, 5.41) is 16.7. The number of ether oxygens (including phenoxy) is 1. The molecule has 8 heteroatoms. The van der Waals surface area contributed by atoms with E-state index in [9.17, 15) is 9.59 Å². The van der Waals surface area contributed by atoms with Crippen LogP contribution in [0, 0.1) is 5.92 Å². The van der Waals surface area contributed by atoms with Crippen molar-refractivity contribution in [2.24, 2.45) is 16.4 Å². The minimum atomic E-state index is -1.02. The number of hydrogen-bond donors (Lipinski definition) is 1. The van der Waals surface area contributed by atoms with Gasteiger partial charge in [-0.25, -0.2) is 0 Å². The Morgan fingerprint density at radius 3 is 2.33 bits per heavy atom. The minimum Gasteiger partial charge on any atom is -0.480 e. The Morgan fingerprint density at radius 2 is 1.89 bits per heavy atom. The van der Waals surface area contributed by atoms with Gasteiger partial charge in [0.05, 0.1) is 5.92 Å². The fourth-order valence-electron chi connectivity index (χ4n) is 0.803. The highest BCUT2D eigenvalue weighted by atomic mass is 16.8. The molecule has 8 nitrogen and oxygen atoms in total. The molecule has 0 unspecified atom stereocenters. The van der Waals surface area contributed by atoms with Gasteiger partial charge < -0.3 is 14.7 Å². The maximum atomic E-state index is 11.0. The van der Waals surface area contributed by atoms with Crippen LogP contribution in [0.5, 0.6) is 0 Å². The van der Waals surface area contributed by atoms with Crippen LogP contribution in [0.2, 0.25) is 0 Å². The summed E-state index contributed by atoms with van der Waals surface area (Å²) in [6.07, 6.45) is 0. The van der Waals surface area contributed by atoms with Gasteiger partial charge in [0.2, 0.25) is 0 Å². The number of carboxylic acids is 1. The molecule has 0 radical (unpaired) electrons. The molecule has 0 aliphatic carbocycles. The molecular weight excluding hydrogens is 242 g/mol. The predicted molar refractivity (Wildman–Crippen MR) is 61.2 cm³/mol. The Balaban J connectivity index is 3.97. The van der Waals surface area contributed by atoms with Gasteiger partial charge in [0.1, 0.15) is 6.54 Å². The smallest absolute Gasteiger partial charge is 0.324 e. The summed E-state index contributed by atoms with van der Waals surface area (Å²) in [6, 6.07) is -0.133. The first-order valence-corrected chi connectivity index (χ1v) is 5.52. The summed E-state index contributed by atoms with van der Waals surface area (Å²) in [4.78, 5) is 26.1. The van der Waals surface area contributed by atoms with Crippen molar-refractivity contribution in [3.8, 4) is 0 Å². The maximum Gasteiger partial charge on any atom is 0.324 e. The number of carboxylic acid groups (broad SMARTS) is 1. The highest BCUT2D eigenvalue weighted by Crippen LogP contribution is 2.00. The molecule has 0 aliphatic rings. The molecule has 0 aromatic carbocycles. The molecule has 0 heterocycles. The van der Waals surface area contributed by atoms with Gasteiger partial charge in [-0.1, -0.05) is 13.8 Å². The maximum absolute atomic E-state index is 11.0. The lowest BCUT2D eigenvalue weighted by atomic mass is 10.2. The summed E-state index contributed by atoms with van der Waals surface area (Å²) in [6.45, 7) is 6.28. The Bertz CT molecular complexity index is 304. The minimum absolute atomic E-state index is 0.133. The Labute approximate surface area is 105 Å². The van der Waals surface area contributed by atoms with Gasteiger partial charge in [0, 0.05) is 11.3 Å². The molecular formula is C10H19N3O5. The van der Waals surface area contributed by atoms with Crippen LogP contribution in [0.15, 0.2) is 10.5 Å². The van der Waals surface area contributed by atoms with Crippen LogP contribution >= 0.6 is 0 Å². The zero-order valence-corrected chi connectivity index (χ0v) is 11.0. The van der Waals surface area contributed by atoms with Crippen LogP contribution < -0.4 is 0 Å². The number of esters is 1. The number of carbonyl (C=O) groups is 2. The fourth-order valence-corrected chi connectivity index (χ4v) is 0.803. The standard InChI is InChI=1S/C10H19N3O5/c1-7(2)10(16)17-6-18-12-11-13(8(3)4)5-9(14)15/h7-8H,5-6H2,1-4H3,(H,14,15)/b12-11-. The largest absolute Gasteiger partial charge is 0.480 e. The molecule has 0 aliphatic heterocycles. The molecule has 0 saturated carbocycles. The second kappa shape index (κ2) is 8.26. The van der Waals surface area contributed by atoms with Crippen molar-refractivity contribution in [3.05, 3.63) is 0 Å². The van der Waals surface area contributed by atoms with Gasteiger partial charge in [0.25, 0.3) is 6.79 Å². The van der Waals surface area contributed by atoms with E-state index < -0.39 is 11.9 Å². The molecule has 104 valence electrons. The van der Waals surface area contributed by atoms with Crippen molar-refractivity contribution in [1.82, 2.24) is 5.01 Å². The number of rotatable bonds is 8. The van der Waals surface area contributed by atoms with Crippen LogP contribution in [-0.2, 0) is 19.2 Å². The number of aliphatic carboxylic acids is 1. The summed E-state index contributed by atoms with van der Waals surface area (Å²) in [7, 11) is 0. The molecule has 18 heavy (non-hydrogen) atoms. The molecule has 0 rings (SSSR count). The third-order valence-corrected chi connectivity index (χ3v) is 1.83. The van der Waals surface area contributed by atoms with E-state index in [0.29, 0.717) is 0 Å². The first-order chi connectivity index (χ1) is 8.34. The molecule has 0 spiro atoms. The van der Waals surface area contributed by atoms with E-state index in [0.717, 1.165) is 0 Å². The Kier molecular flexibility index (Phi) is 7.41. The second-order valence-electron chi connectivity index (χ2n) is 4.12. The topological polar surface area (TPSA) is 101 Å². The summed E-state index contributed by atoms with van der Waals surface area (Å²) < 4.78 is 4.68. The van der Waals surface area contributed by atoms with E-state index in [-0.39, 0.29) is 25.3 Å². The lowest BCUT2D eigenvalue weighted by Crippen LogP contribution is -2.30. The van der Waals surface area contributed by atoms with Crippen LogP contribution in [0.1, 0.15) is 27.7 Å². The highest BCUT2D eigenvalue weighted by Gasteiger charge is 2.11. The third kappa shape index (κ3) is 7.42. The average Bonchev–Trinajstić information content (AvgIpc) is 2.25. The van der Waals surface area contributed by atoms with Crippen molar-refractivity contribution in [3.63, 3.8) is 0 Å². The van der Waals surface area contributed by atoms with E-state index >= 15 is 0 Å². The zero-order chi connectivity index (χ0) is 14.1. The number of carbonyl (C=O) groups excluding carboxylic acids is 1. The first-order valence-electron chi connectivity index (χ1n) is 5.52. The summed E-state index contributed by atoms with van der Waals surface area (Å²) in [5.74, 6) is -1.67. The van der Waals surface area contributed by atoms with Gasteiger partial charge in [-0.2, -0.15) is 0 Å². The summed E-state index contributed by atoms with van der Waals surface area (Å²) in [5.41, 5.74) is 0. The molecule has 0 amide bonds. The number of nitrogens with zero attached hydrogens (tertiary/aromatic N) is 3. The van der Waals surface area contributed by atoms with E-state index in [1.165, 1.54) is 5.01 Å². The monoisotopic (exact) mass is 261 g/mol. The molecule has 0 saturated heterocycles. The quantitative estimate of drug-likeness (QED) is 0.232. The van der Waals surface area contributed by atoms with Crippen LogP contribution in [0.25, 0.3) is 0 Å². The summed E-state index contributed by atoms with van der Waals surface area (Å²) >= 11 is 0. The predicted octanol–water partition coefficient (Wildman–Crippen LogP) is 1.24. The molecule has 0 bridgehead atoms. The van der Waals surface area contributed by atoms with Gasteiger partial charge >= 0.3 is 11.9 Å². The van der Waals surface area contributed by atoms with Crippen molar-refractivity contribution in [2.75, 3.05) is 13.3 Å². The highest BCUT2D eigenvalue weighted by molar-refractivity contribution is 5.71. The normalized spacial score (nSPS) is 11.0. The second-order valence-corrected chi connectivity index (χ2v) is 4.12. The van der Waals surface area contributed by atoms with Gasteiger partial charge in [-0.15, -0.1) is 0 Å². The Hall–Kier alpha value is -1.86. The molecule has 0 fully saturated rings. The van der Waals surface area contributed by atoms with E-state index in [1.807, 2.05) is 0 Å². The van der Waals surface area contributed by atoms with Crippen LogP contribution in [-0.4, -0.2) is 41.4 Å². The Morgan fingerprint density at radius 1 is 1.28 bits per heavy atom. The lowest BCUT2D eigenvalue weighted by molar-refractivity contribution is -0.161. The molecule has 0 aromatic heterocycles. The number of hydrogen-bond acceptors (Lipinski definition) is 6. The van der Waals surface area contributed by atoms with Gasteiger partial charge in [0.15, 0.2) is 0 Å². The van der Waals surface area contributed by atoms with Crippen molar-refractivity contribution < 1.29 is 24.3 Å². The molecule has 1 N–H and O–H groups in total. The third-order valence-electron chi connectivity index (χ3n) is 1.83. The van der Waals surface area contributed by atoms with Crippen molar-refractivity contribution >= 4 is 11.9 Å². The van der Waals surface area contributed by atoms with E-state index in [4.69, 9.17) is 5.11 Å². The lowest BCUT2D eigenvalue weighted by Gasteiger charge is -2.18. The molecule has 0 atom stereocenters. The average molecular weight is 261 g/mol.